The summed E-state index contributed by atoms with van der Waals surface area (Å²) in [5.74, 6) is 0.486. The predicted octanol–water partition coefficient (Wildman–Crippen LogP) is 2.99. The molecule has 3 rings (SSSR count). The van der Waals surface area contributed by atoms with Crippen molar-refractivity contribution in [3.8, 4) is 0 Å². The number of nitrogens with zero attached hydrogens (tertiary/aromatic N) is 5. The van der Waals surface area contributed by atoms with Crippen molar-refractivity contribution in [3.05, 3.63) is 41.2 Å². The molecule has 0 N–H and O–H groups in total. The average molecular weight is 349 g/mol. The van der Waals surface area contributed by atoms with Crippen molar-refractivity contribution in [2.24, 2.45) is 5.92 Å². The Kier molecular flexibility index (Phi) is 6.07. The fourth-order valence-electron chi connectivity index (χ4n) is 3.61. The number of aryl methyl sites for hydroxylation is 2. The molecule has 1 unspecified atom stereocenters. The second-order valence-electron chi connectivity index (χ2n) is 6.85. The van der Waals surface area contributed by atoms with Crippen molar-refractivity contribution in [2.45, 2.75) is 45.6 Å². The Morgan fingerprint density at radius 2 is 2.00 bits per heavy atom. The summed E-state index contributed by atoms with van der Waals surface area (Å²) in [6.07, 6.45) is 4.59. The number of benzene rings is 1. The molecule has 7 heteroatoms. The highest BCUT2D eigenvalue weighted by Crippen LogP contribution is 2.23. The standard InChI is InChI=1S/C18H25F2N5/c1-14-21-22-23-25(14)12-4-11-24-10-3-5-15(13-24)8-9-16-17(19)6-2-7-18(16)20/h2,6-7,15H,3-5,8-13H2,1H3. The molecular formula is C18H25F2N5. The molecule has 5 nitrogen and oxygen atoms in total. The van der Waals surface area contributed by atoms with Crippen molar-refractivity contribution in [1.29, 1.82) is 0 Å². The molecule has 2 heterocycles. The molecule has 1 aromatic heterocycles. The molecule has 0 amide bonds. The molecule has 2 aromatic rings. The normalized spacial score (nSPS) is 18.6. The van der Waals surface area contributed by atoms with E-state index in [1.807, 2.05) is 11.6 Å². The van der Waals surface area contributed by atoms with Crippen LogP contribution in [-0.2, 0) is 13.0 Å². The smallest absolute Gasteiger partial charge is 0.148 e. The van der Waals surface area contributed by atoms with Gasteiger partial charge in [0.05, 0.1) is 0 Å². The van der Waals surface area contributed by atoms with Gasteiger partial charge in [-0.3, -0.25) is 0 Å². The molecule has 25 heavy (non-hydrogen) atoms. The van der Waals surface area contributed by atoms with Crippen molar-refractivity contribution < 1.29 is 8.78 Å². The summed E-state index contributed by atoms with van der Waals surface area (Å²) >= 11 is 0. The lowest BCUT2D eigenvalue weighted by Gasteiger charge is -2.32. The second kappa shape index (κ2) is 8.47. The Bertz CT molecular complexity index is 668. The predicted molar refractivity (Wildman–Crippen MR) is 91.0 cm³/mol. The van der Waals surface area contributed by atoms with Crippen LogP contribution >= 0.6 is 0 Å². The van der Waals surface area contributed by atoms with Crippen molar-refractivity contribution in [1.82, 2.24) is 25.1 Å². The maximum absolute atomic E-state index is 13.7. The molecule has 0 spiro atoms. The van der Waals surface area contributed by atoms with Crippen LogP contribution in [-0.4, -0.2) is 44.7 Å². The van der Waals surface area contributed by atoms with E-state index in [0.29, 0.717) is 12.3 Å². The molecule has 1 atom stereocenters. The maximum atomic E-state index is 13.7. The van der Waals surface area contributed by atoms with Gasteiger partial charge in [0.25, 0.3) is 0 Å². The number of likely N-dealkylation sites (tertiary alicyclic amines) is 1. The van der Waals surface area contributed by atoms with E-state index in [9.17, 15) is 8.78 Å². The number of aromatic nitrogens is 4. The van der Waals surface area contributed by atoms with Gasteiger partial charge in [-0.15, -0.1) is 5.10 Å². The van der Waals surface area contributed by atoms with Crippen LogP contribution in [0.15, 0.2) is 18.2 Å². The summed E-state index contributed by atoms with van der Waals surface area (Å²) in [4.78, 5) is 2.45. The zero-order valence-electron chi connectivity index (χ0n) is 14.7. The van der Waals surface area contributed by atoms with E-state index < -0.39 is 11.6 Å². The average Bonchev–Trinajstić information content (AvgIpc) is 3.00. The molecule has 1 aromatic carbocycles. The van der Waals surface area contributed by atoms with Gasteiger partial charge in [-0.25, -0.2) is 13.5 Å². The number of piperidine rings is 1. The first-order valence-corrected chi connectivity index (χ1v) is 9.01. The van der Waals surface area contributed by atoms with Gasteiger partial charge in [-0.1, -0.05) is 6.07 Å². The van der Waals surface area contributed by atoms with Crippen molar-refractivity contribution in [2.75, 3.05) is 19.6 Å². The lowest BCUT2D eigenvalue weighted by atomic mass is 9.91. The third-order valence-electron chi connectivity index (χ3n) is 5.02. The summed E-state index contributed by atoms with van der Waals surface area (Å²) in [6.45, 7) is 5.83. The third-order valence-corrected chi connectivity index (χ3v) is 5.02. The number of tetrazole rings is 1. The minimum absolute atomic E-state index is 0.230. The molecule has 1 saturated heterocycles. The van der Waals surface area contributed by atoms with E-state index in [0.717, 1.165) is 57.7 Å². The lowest BCUT2D eigenvalue weighted by molar-refractivity contribution is 0.164. The Hall–Kier alpha value is -1.89. The SMILES string of the molecule is Cc1nnnn1CCCN1CCCC(CCc2c(F)cccc2F)C1. The quantitative estimate of drug-likeness (QED) is 0.771. The number of hydrogen-bond donors (Lipinski definition) is 0. The van der Waals surface area contributed by atoms with E-state index in [-0.39, 0.29) is 5.56 Å². The molecule has 0 aliphatic carbocycles. The highest BCUT2D eigenvalue weighted by Gasteiger charge is 2.20. The first kappa shape index (κ1) is 17.9. The van der Waals surface area contributed by atoms with Crippen molar-refractivity contribution in [3.63, 3.8) is 0 Å². The molecule has 0 bridgehead atoms. The van der Waals surface area contributed by atoms with Crippen LogP contribution in [0.4, 0.5) is 8.78 Å². The fraction of sp³-hybridized carbons (Fsp3) is 0.611. The Labute approximate surface area is 147 Å². The molecular weight excluding hydrogens is 324 g/mol. The van der Waals surface area contributed by atoms with Crippen LogP contribution in [0, 0.1) is 24.5 Å². The molecule has 0 radical (unpaired) electrons. The van der Waals surface area contributed by atoms with E-state index in [4.69, 9.17) is 0 Å². The number of rotatable bonds is 7. The van der Waals surface area contributed by atoms with Gasteiger partial charge in [-0.05, 0) is 80.6 Å². The van der Waals surface area contributed by atoms with Crippen LogP contribution < -0.4 is 0 Å². The summed E-state index contributed by atoms with van der Waals surface area (Å²) in [6, 6.07) is 4.10. The highest BCUT2D eigenvalue weighted by atomic mass is 19.1. The van der Waals surface area contributed by atoms with Crippen LogP contribution in [0.3, 0.4) is 0 Å². The molecule has 1 fully saturated rings. The highest BCUT2D eigenvalue weighted by molar-refractivity contribution is 5.19. The topological polar surface area (TPSA) is 46.8 Å². The van der Waals surface area contributed by atoms with Gasteiger partial charge in [0.15, 0.2) is 0 Å². The van der Waals surface area contributed by atoms with Crippen LogP contribution in [0.2, 0.25) is 0 Å². The van der Waals surface area contributed by atoms with Gasteiger partial charge in [0.2, 0.25) is 0 Å². The van der Waals surface area contributed by atoms with Crippen LogP contribution in [0.1, 0.15) is 37.1 Å². The first-order chi connectivity index (χ1) is 12.1. The van der Waals surface area contributed by atoms with Gasteiger partial charge in [-0.2, -0.15) is 0 Å². The fourth-order valence-corrected chi connectivity index (χ4v) is 3.61. The lowest BCUT2D eigenvalue weighted by Crippen LogP contribution is -2.36. The van der Waals surface area contributed by atoms with Gasteiger partial charge < -0.3 is 4.90 Å². The Morgan fingerprint density at radius 1 is 1.20 bits per heavy atom. The van der Waals surface area contributed by atoms with Crippen LogP contribution in [0.5, 0.6) is 0 Å². The minimum atomic E-state index is -0.426. The number of halogens is 2. The first-order valence-electron chi connectivity index (χ1n) is 9.01. The monoisotopic (exact) mass is 349 g/mol. The Balaban J connectivity index is 1.44. The molecule has 0 saturated carbocycles. The van der Waals surface area contributed by atoms with E-state index in [1.165, 1.54) is 18.2 Å². The maximum Gasteiger partial charge on any atom is 0.148 e. The summed E-state index contributed by atoms with van der Waals surface area (Å²) < 4.78 is 29.3. The third kappa shape index (κ3) is 4.81. The summed E-state index contributed by atoms with van der Waals surface area (Å²) in [7, 11) is 0. The van der Waals surface area contributed by atoms with Gasteiger partial charge in [0, 0.05) is 18.7 Å². The van der Waals surface area contributed by atoms with Crippen molar-refractivity contribution >= 4 is 0 Å². The van der Waals surface area contributed by atoms with E-state index >= 15 is 0 Å². The van der Waals surface area contributed by atoms with Gasteiger partial charge >= 0.3 is 0 Å². The molecule has 1 aliphatic heterocycles. The largest absolute Gasteiger partial charge is 0.303 e. The van der Waals surface area contributed by atoms with Gasteiger partial charge in [0.1, 0.15) is 17.5 Å². The van der Waals surface area contributed by atoms with Crippen LogP contribution in [0.25, 0.3) is 0 Å². The Morgan fingerprint density at radius 3 is 2.72 bits per heavy atom. The number of hydrogen-bond acceptors (Lipinski definition) is 4. The summed E-state index contributed by atoms with van der Waals surface area (Å²) in [5, 5.41) is 11.5. The molecule has 136 valence electrons. The molecule has 1 aliphatic rings. The van der Waals surface area contributed by atoms with E-state index in [1.54, 1.807) is 0 Å². The second-order valence-corrected chi connectivity index (χ2v) is 6.85. The van der Waals surface area contributed by atoms with E-state index in [2.05, 4.69) is 20.4 Å². The minimum Gasteiger partial charge on any atom is -0.303 e. The zero-order chi connectivity index (χ0) is 17.6. The summed E-state index contributed by atoms with van der Waals surface area (Å²) in [5.41, 5.74) is 0.230. The zero-order valence-corrected chi connectivity index (χ0v) is 14.7.